The molecule has 0 saturated heterocycles. The number of hydrogen-bond donors (Lipinski definition) is 2. The van der Waals surface area contributed by atoms with Crippen LogP contribution in [-0.2, 0) is 4.79 Å². The molecule has 0 fully saturated rings. The van der Waals surface area contributed by atoms with Gasteiger partial charge >= 0.3 is 0 Å². The van der Waals surface area contributed by atoms with Crippen molar-refractivity contribution in [1.82, 2.24) is 5.32 Å². The van der Waals surface area contributed by atoms with Crippen LogP contribution in [0.1, 0.15) is 31.1 Å². The first-order chi connectivity index (χ1) is 9.80. The van der Waals surface area contributed by atoms with E-state index in [4.69, 9.17) is 15.7 Å². The first-order valence-electron chi connectivity index (χ1n) is 6.54. The Bertz CT molecular complexity index is 578. The SMILES string of the molecule is CC(C)C(C)(C#N)NC(=O)COc1ccccc1C(N)=O. The molecule has 0 aromatic heterocycles. The fourth-order valence-corrected chi connectivity index (χ4v) is 1.57. The van der Waals surface area contributed by atoms with Crippen molar-refractivity contribution in [3.8, 4) is 11.8 Å². The standard InChI is InChI=1S/C15H19N3O3/c1-10(2)15(3,9-16)18-13(19)8-21-12-7-5-4-6-11(12)14(17)20/h4-7,10H,8H2,1-3H3,(H2,17,20)(H,18,19). The number of nitrogens with one attached hydrogen (secondary N) is 1. The Balaban J connectivity index is 2.71. The molecule has 6 heteroatoms. The number of nitrogens with zero attached hydrogens (tertiary/aromatic N) is 1. The molecule has 0 saturated carbocycles. The molecular weight excluding hydrogens is 270 g/mol. The van der Waals surface area contributed by atoms with E-state index < -0.39 is 17.4 Å². The summed E-state index contributed by atoms with van der Waals surface area (Å²) in [5.74, 6) is -0.880. The summed E-state index contributed by atoms with van der Waals surface area (Å²) in [6.07, 6.45) is 0. The molecule has 1 aromatic carbocycles. The zero-order chi connectivity index (χ0) is 16.0. The van der Waals surface area contributed by atoms with Gasteiger partial charge in [-0.2, -0.15) is 5.26 Å². The summed E-state index contributed by atoms with van der Waals surface area (Å²) in [7, 11) is 0. The number of nitriles is 1. The van der Waals surface area contributed by atoms with Gasteiger partial charge < -0.3 is 15.8 Å². The highest BCUT2D eigenvalue weighted by Gasteiger charge is 2.30. The summed E-state index contributed by atoms with van der Waals surface area (Å²) in [5, 5.41) is 11.8. The first-order valence-corrected chi connectivity index (χ1v) is 6.54. The lowest BCUT2D eigenvalue weighted by molar-refractivity contribution is -0.124. The molecule has 1 rings (SSSR count). The van der Waals surface area contributed by atoms with E-state index >= 15 is 0 Å². The molecule has 0 heterocycles. The molecular formula is C15H19N3O3. The van der Waals surface area contributed by atoms with Crippen molar-refractivity contribution in [2.24, 2.45) is 11.7 Å². The molecule has 1 aromatic rings. The van der Waals surface area contributed by atoms with Crippen LogP contribution in [0.25, 0.3) is 0 Å². The lowest BCUT2D eigenvalue weighted by Gasteiger charge is -2.27. The van der Waals surface area contributed by atoms with Gasteiger partial charge in [0.05, 0.1) is 11.6 Å². The van der Waals surface area contributed by atoms with E-state index in [-0.39, 0.29) is 23.8 Å². The molecule has 0 radical (unpaired) electrons. The smallest absolute Gasteiger partial charge is 0.259 e. The predicted molar refractivity (Wildman–Crippen MR) is 77.5 cm³/mol. The van der Waals surface area contributed by atoms with Crippen LogP contribution in [0.3, 0.4) is 0 Å². The molecule has 3 N–H and O–H groups in total. The predicted octanol–water partition coefficient (Wildman–Crippen LogP) is 1.22. The van der Waals surface area contributed by atoms with E-state index in [2.05, 4.69) is 11.4 Å². The second-order valence-electron chi connectivity index (χ2n) is 5.17. The summed E-state index contributed by atoms with van der Waals surface area (Å²) in [6, 6.07) is 8.47. The molecule has 0 spiro atoms. The third-order valence-electron chi connectivity index (χ3n) is 3.30. The third kappa shape index (κ3) is 4.21. The third-order valence-corrected chi connectivity index (χ3v) is 3.30. The fourth-order valence-electron chi connectivity index (χ4n) is 1.57. The lowest BCUT2D eigenvalue weighted by Crippen LogP contribution is -2.50. The Morgan fingerprint density at radius 2 is 2.05 bits per heavy atom. The fraction of sp³-hybridized carbons (Fsp3) is 0.400. The van der Waals surface area contributed by atoms with Crippen molar-refractivity contribution in [1.29, 1.82) is 5.26 Å². The van der Waals surface area contributed by atoms with Gasteiger partial charge in [0.25, 0.3) is 11.8 Å². The van der Waals surface area contributed by atoms with Gasteiger partial charge in [-0.05, 0) is 25.0 Å². The van der Waals surface area contributed by atoms with Gasteiger partial charge in [0.2, 0.25) is 0 Å². The van der Waals surface area contributed by atoms with Gasteiger partial charge in [0.1, 0.15) is 11.3 Å². The Morgan fingerprint density at radius 3 is 2.57 bits per heavy atom. The first kappa shape index (κ1) is 16.5. The summed E-state index contributed by atoms with van der Waals surface area (Å²) < 4.78 is 5.31. The molecule has 1 unspecified atom stereocenters. The number of benzene rings is 1. The number of rotatable bonds is 6. The van der Waals surface area contributed by atoms with Crippen molar-refractivity contribution in [2.45, 2.75) is 26.3 Å². The van der Waals surface area contributed by atoms with Crippen LogP contribution in [0.5, 0.6) is 5.75 Å². The molecule has 112 valence electrons. The zero-order valence-electron chi connectivity index (χ0n) is 12.3. The van der Waals surface area contributed by atoms with E-state index in [1.54, 1.807) is 25.1 Å². The van der Waals surface area contributed by atoms with E-state index in [1.807, 2.05) is 13.8 Å². The Hall–Kier alpha value is -2.55. The topological polar surface area (TPSA) is 105 Å². The van der Waals surface area contributed by atoms with Crippen LogP contribution in [-0.4, -0.2) is 24.0 Å². The Kier molecular flexibility index (Phi) is 5.30. The van der Waals surface area contributed by atoms with Crippen LogP contribution in [0, 0.1) is 17.2 Å². The molecule has 21 heavy (non-hydrogen) atoms. The summed E-state index contributed by atoms with van der Waals surface area (Å²) in [5.41, 5.74) is 4.46. The number of amides is 2. The average molecular weight is 289 g/mol. The molecule has 2 amide bonds. The molecule has 0 aliphatic rings. The molecule has 0 aliphatic carbocycles. The van der Waals surface area contributed by atoms with Gasteiger partial charge in [0.15, 0.2) is 6.61 Å². The highest BCUT2D eigenvalue weighted by Crippen LogP contribution is 2.18. The highest BCUT2D eigenvalue weighted by atomic mass is 16.5. The van der Waals surface area contributed by atoms with Crippen LogP contribution in [0.15, 0.2) is 24.3 Å². The highest BCUT2D eigenvalue weighted by molar-refractivity contribution is 5.95. The molecule has 0 bridgehead atoms. The molecule has 0 aliphatic heterocycles. The maximum Gasteiger partial charge on any atom is 0.259 e. The second-order valence-corrected chi connectivity index (χ2v) is 5.17. The van der Waals surface area contributed by atoms with Crippen molar-refractivity contribution in [3.05, 3.63) is 29.8 Å². The van der Waals surface area contributed by atoms with Gasteiger partial charge in [-0.1, -0.05) is 26.0 Å². The van der Waals surface area contributed by atoms with Gasteiger partial charge in [-0.25, -0.2) is 0 Å². The molecule has 1 atom stereocenters. The maximum atomic E-state index is 11.9. The molecule has 6 nitrogen and oxygen atoms in total. The largest absolute Gasteiger partial charge is 0.483 e. The summed E-state index contributed by atoms with van der Waals surface area (Å²) >= 11 is 0. The van der Waals surface area contributed by atoms with E-state index in [1.165, 1.54) is 6.07 Å². The number of ether oxygens (including phenoxy) is 1. The van der Waals surface area contributed by atoms with Crippen LogP contribution < -0.4 is 15.8 Å². The lowest BCUT2D eigenvalue weighted by atomic mass is 9.90. The van der Waals surface area contributed by atoms with Crippen molar-refractivity contribution >= 4 is 11.8 Å². The number of para-hydroxylation sites is 1. The van der Waals surface area contributed by atoms with Crippen LogP contribution in [0.4, 0.5) is 0 Å². The minimum absolute atomic E-state index is 0.0515. The quantitative estimate of drug-likeness (QED) is 0.821. The number of nitrogens with two attached hydrogens (primary N) is 1. The number of carbonyl (C=O) groups excluding carboxylic acids is 2. The monoisotopic (exact) mass is 289 g/mol. The van der Waals surface area contributed by atoms with Gasteiger partial charge in [-0.15, -0.1) is 0 Å². The number of carbonyl (C=O) groups is 2. The minimum atomic E-state index is -0.969. The average Bonchev–Trinajstić information content (AvgIpc) is 2.44. The summed E-state index contributed by atoms with van der Waals surface area (Å²) in [6.45, 7) is 5.03. The van der Waals surface area contributed by atoms with Gasteiger partial charge in [0, 0.05) is 0 Å². The Labute approximate surface area is 123 Å². The zero-order valence-corrected chi connectivity index (χ0v) is 12.3. The van der Waals surface area contributed by atoms with Crippen molar-refractivity contribution in [2.75, 3.05) is 6.61 Å². The van der Waals surface area contributed by atoms with E-state index in [9.17, 15) is 9.59 Å². The Morgan fingerprint density at radius 1 is 1.43 bits per heavy atom. The van der Waals surface area contributed by atoms with Crippen LogP contribution in [0.2, 0.25) is 0 Å². The van der Waals surface area contributed by atoms with E-state index in [0.29, 0.717) is 0 Å². The minimum Gasteiger partial charge on any atom is -0.483 e. The van der Waals surface area contributed by atoms with Gasteiger partial charge in [-0.3, -0.25) is 9.59 Å². The van der Waals surface area contributed by atoms with Crippen molar-refractivity contribution < 1.29 is 14.3 Å². The normalized spacial score (nSPS) is 13.1. The van der Waals surface area contributed by atoms with Crippen LogP contribution >= 0.6 is 0 Å². The second kappa shape index (κ2) is 6.75. The van der Waals surface area contributed by atoms with Crippen molar-refractivity contribution in [3.63, 3.8) is 0 Å². The van der Waals surface area contributed by atoms with E-state index in [0.717, 1.165) is 0 Å². The summed E-state index contributed by atoms with van der Waals surface area (Å²) in [4.78, 5) is 23.1. The number of primary amides is 1. The maximum absolute atomic E-state index is 11.9. The number of hydrogen-bond acceptors (Lipinski definition) is 4.